The minimum atomic E-state index is -0.310. The second kappa shape index (κ2) is 4.98. The Hall–Kier alpha value is -0.930. The molecule has 0 radical (unpaired) electrons. The molecule has 3 heteroatoms. The molecule has 1 N–H and O–H groups in total. The Morgan fingerprint density at radius 1 is 1.39 bits per heavy atom. The molecule has 2 unspecified atom stereocenters. The van der Waals surface area contributed by atoms with Crippen molar-refractivity contribution in [2.75, 3.05) is 13.7 Å². The Morgan fingerprint density at radius 3 is 2.61 bits per heavy atom. The van der Waals surface area contributed by atoms with E-state index < -0.39 is 0 Å². The molecule has 0 aliphatic carbocycles. The van der Waals surface area contributed by atoms with E-state index in [0.29, 0.717) is 0 Å². The number of ether oxygens (including phenoxy) is 1. The van der Waals surface area contributed by atoms with Gasteiger partial charge in [-0.3, -0.25) is 0 Å². The van der Waals surface area contributed by atoms with E-state index in [4.69, 9.17) is 4.74 Å². The maximum atomic E-state index is 14.3. The fourth-order valence-corrected chi connectivity index (χ4v) is 3.08. The van der Waals surface area contributed by atoms with Gasteiger partial charge in [-0.2, -0.15) is 0 Å². The largest absolute Gasteiger partial charge is 0.373 e. The molecule has 0 spiro atoms. The third kappa shape index (κ3) is 2.29. The first-order valence-corrected chi connectivity index (χ1v) is 6.56. The van der Waals surface area contributed by atoms with Gasteiger partial charge in [0, 0.05) is 12.2 Å². The molecule has 1 heterocycles. The summed E-state index contributed by atoms with van der Waals surface area (Å²) in [6.07, 6.45) is 2.01. The summed E-state index contributed by atoms with van der Waals surface area (Å²) in [4.78, 5) is 0. The van der Waals surface area contributed by atoms with E-state index >= 15 is 0 Å². The highest BCUT2D eigenvalue weighted by Crippen LogP contribution is 2.39. The number of benzene rings is 1. The van der Waals surface area contributed by atoms with Gasteiger partial charge in [-0.05, 0) is 57.9 Å². The lowest BCUT2D eigenvalue weighted by molar-refractivity contribution is -0.0115. The van der Waals surface area contributed by atoms with Crippen LogP contribution in [0.15, 0.2) is 12.1 Å². The van der Waals surface area contributed by atoms with Gasteiger partial charge >= 0.3 is 0 Å². The molecule has 1 aromatic rings. The number of hydrogen-bond acceptors (Lipinski definition) is 2. The SMILES string of the molecule is CNC(c1c(C)cc(C)cc1F)C1(C)CCCO1. The van der Waals surface area contributed by atoms with Crippen LogP contribution >= 0.6 is 0 Å². The summed E-state index contributed by atoms with van der Waals surface area (Å²) in [6, 6.07) is 3.53. The molecule has 2 atom stereocenters. The standard InChI is InChI=1S/C15H22FNO/c1-10-8-11(2)13(12(16)9-10)14(17-4)15(3)6-5-7-18-15/h8-9,14,17H,5-7H2,1-4H3. The average molecular weight is 251 g/mol. The quantitative estimate of drug-likeness (QED) is 0.890. The molecule has 18 heavy (non-hydrogen) atoms. The zero-order chi connectivity index (χ0) is 13.3. The number of likely N-dealkylation sites (N-methyl/N-ethyl adjacent to an activating group) is 1. The highest BCUT2D eigenvalue weighted by molar-refractivity contribution is 5.36. The predicted octanol–water partition coefficient (Wildman–Crippen LogP) is 3.27. The zero-order valence-corrected chi connectivity index (χ0v) is 11.6. The lowest BCUT2D eigenvalue weighted by atomic mass is 9.85. The number of hydrogen-bond donors (Lipinski definition) is 1. The van der Waals surface area contributed by atoms with Gasteiger partial charge in [0.2, 0.25) is 0 Å². The van der Waals surface area contributed by atoms with Crippen molar-refractivity contribution < 1.29 is 9.13 Å². The monoisotopic (exact) mass is 251 g/mol. The number of rotatable bonds is 3. The first-order chi connectivity index (χ1) is 8.48. The molecule has 1 saturated heterocycles. The van der Waals surface area contributed by atoms with Crippen molar-refractivity contribution in [3.8, 4) is 0 Å². The van der Waals surface area contributed by atoms with Crippen LogP contribution in [0.5, 0.6) is 0 Å². The van der Waals surface area contributed by atoms with Gasteiger partial charge in [0.1, 0.15) is 5.82 Å². The molecule has 1 aromatic carbocycles. The Labute approximate surface area is 109 Å². The third-order valence-corrected chi connectivity index (χ3v) is 3.92. The van der Waals surface area contributed by atoms with Crippen LogP contribution in [0.2, 0.25) is 0 Å². The lowest BCUT2D eigenvalue weighted by Crippen LogP contribution is -2.40. The van der Waals surface area contributed by atoms with Crippen molar-refractivity contribution in [1.82, 2.24) is 5.32 Å². The molecule has 0 aromatic heterocycles. The Bertz CT molecular complexity index is 415. The maximum Gasteiger partial charge on any atom is 0.128 e. The van der Waals surface area contributed by atoms with Crippen molar-refractivity contribution >= 4 is 0 Å². The van der Waals surface area contributed by atoms with Gasteiger partial charge in [-0.15, -0.1) is 0 Å². The second-order valence-electron chi connectivity index (χ2n) is 5.46. The van der Waals surface area contributed by atoms with Crippen molar-refractivity contribution in [1.29, 1.82) is 0 Å². The summed E-state index contributed by atoms with van der Waals surface area (Å²) in [5.41, 5.74) is 2.38. The molecule has 0 amide bonds. The van der Waals surface area contributed by atoms with Gasteiger partial charge in [0.25, 0.3) is 0 Å². The fraction of sp³-hybridized carbons (Fsp3) is 0.600. The first-order valence-electron chi connectivity index (χ1n) is 6.56. The van der Waals surface area contributed by atoms with Gasteiger partial charge in [0.05, 0.1) is 11.6 Å². The Balaban J connectivity index is 2.45. The minimum Gasteiger partial charge on any atom is -0.373 e. The van der Waals surface area contributed by atoms with E-state index in [0.717, 1.165) is 36.1 Å². The van der Waals surface area contributed by atoms with Crippen LogP contribution < -0.4 is 5.32 Å². The zero-order valence-electron chi connectivity index (χ0n) is 11.6. The van der Waals surface area contributed by atoms with Gasteiger partial charge in [0.15, 0.2) is 0 Å². The summed E-state index contributed by atoms with van der Waals surface area (Å²) in [5.74, 6) is -0.136. The van der Waals surface area contributed by atoms with Gasteiger partial charge in [-0.1, -0.05) is 6.07 Å². The van der Waals surface area contributed by atoms with E-state index in [1.54, 1.807) is 6.07 Å². The van der Waals surface area contributed by atoms with Crippen LogP contribution in [-0.4, -0.2) is 19.3 Å². The van der Waals surface area contributed by atoms with Crippen LogP contribution in [0.4, 0.5) is 4.39 Å². The molecule has 2 rings (SSSR count). The van der Waals surface area contributed by atoms with Gasteiger partial charge in [-0.25, -0.2) is 4.39 Å². The first kappa shape index (κ1) is 13.5. The van der Waals surface area contributed by atoms with Crippen LogP contribution in [0.25, 0.3) is 0 Å². The predicted molar refractivity (Wildman–Crippen MR) is 71.3 cm³/mol. The van der Waals surface area contributed by atoms with Crippen molar-refractivity contribution in [3.63, 3.8) is 0 Å². The Kier molecular flexibility index (Phi) is 3.74. The summed E-state index contributed by atoms with van der Waals surface area (Å²) < 4.78 is 20.1. The summed E-state index contributed by atoms with van der Waals surface area (Å²) in [6.45, 7) is 6.72. The molecule has 100 valence electrons. The highest BCUT2D eigenvalue weighted by atomic mass is 19.1. The number of halogens is 1. The van der Waals surface area contributed by atoms with Crippen molar-refractivity contribution in [2.45, 2.75) is 45.3 Å². The van der Waals surface area contributed by atoms with E-state index in [-0.39, 0.29) is 17.5 Å². The summed E-state index contributed by atoms with van der Waals surface area (Å²) in [5, 5.41) is 3.24. The van der Waals surface area contributed by atoms with E-state index in [2.05, 4.69) is 12.2 Å². The smallest absolute Gasteiger partial charge is 0.128 e. The molecule has 1 aliphatic heterocycles. The van der Waals surface area contributed by atoms with Crippen molar-refractivity contribution in [3.05, 3.63) is 34.6 Å². The molecule has 0 saturated carbocycles. The van der Waals surface area contributed by atoms with E-state index in [9.17, 15) is 4.39 Å². The fourth-order valence-electron chi connectivity index (χ4n) is 3.08. The molecule has 2 nitrogen and oxygen atoms in total. The van der Waals surface area contributed by atoms with Crippen molar-refractivity contribution in [2.24, 2.45) is 0 Å². The third-order valence-electron chi connectivity index (χ3n) is 3.92. The summed E-state index contributed by atoms with van der Waals surface area (Å²) >= 11 is 0. The van der Waals surface area contributed by atoms with Crippen LogP contribution in [0.1, 0.15) is 42.5 Å². The molecule has 0 bridgehead atoms. The van der Waals surface area contributed by atoms with E-state index in [1.807, 2.05) is 27.0 Å². The maximum absolute atomic E-state index is 14.3. The topological polar surface area (TPSA) is 21.3 Å². The molecule has 1 aliphatic rings. The van der Waals surface area contributed by atoms with Crippen LogP contribution in [0.3, 0.4) is 0 Å². The number of aryl methyl sites for hydroxylation is 2. The van der Waals surface area contributed by atoms with Crippen LogP contribution in [-0.2, 0) is 4.74 Å². The Morgan fingerprint density at radius 2 is 2.11 bits per heavy atom. The average Bonchev–Trinajstić information content (AvgIpc) is 2.71. The van der Waals surface area contributed by atoms with E-state index in [1.165, 1.54) is 0 Å². The lowest BCUT2D eigenvalue weighted by Gasteiger charge is -2.34. The summed E-state index contributed by atoms with van der Waals surface area (Å²) in [7, 11) is 1.87. The van der Waals surface area contributed by atoms with Gasteiger partial charge < -0.3 is 10.1 Å². The normalized spacial score (nSPS) is 25.4. The van der Waals surface area contributed by atoms with Crippen LogP contribution in [0, 0.1) is 19.7 Å². The highest BCUT2D eigenvalue weighted by Gasteiger charge is 2.40. The minimum absolute atomic E-state index is 0.0967. The second-order valence-corrected chi connectivity index (χ2v) is 5.46. The number of nitrogens with one attached hydrogen (secondary N) is 1. The molecular formula is C15H22FNO. The molecular weight excluding hydrogens is 229 g/mol. The molecule has 1 fully saturated rings.